The lowest BCUT2D eigenvalue weighted by Crippen LogP contribution is -2.22. The van der Waals surface area contributed by atoms with E-state index >= 15 is 0 Å². The zero-order valence-corrected chi connectivity index (χ0v) is 17.1. The van der Waals surface area contributed by atoms with E-state index in [2.05, 4.69) is 10.6 Å². The van der Waals surface area contributed by atoms with Gasteiger partial charge in [0.05, 0.1) is 43.4 Å². The van der Waals surface area contributed by atoms with Crippen LogP contribution in [0, 0.1) is 0 Å². The van der Waals surface area contributed by atoms with Gasteiger partial charge in [0.15, 0.2) is 9.84 Å². The van der Waals surface area contributed by atoms with Crippen molar-refractivity contribution in [1.29, 1.82) is 0 Å². The van der Waals surface area contributed by atoms with Crippen molar-refractivity contribution in [2.75, 3.05) is 23.4 Å². The van der Waals surface area contributed by atoms with E-state index in [-0.39, 0.29) is 37.9 Å². The molecule has 28 heavy (non-hydrogen) atoms. The number of alkyl halides is 3. The highest BCUT2D eigenvalue weighted by atomic mass is 35.5. The van der Waals surface area contributed by atoms with E-state index < -0.39 is 27.5 Å². The Morgan fingerprint density at radius 3 is 2.25 bits per heavy atom. The number of amides is 1. The summed E-state index contributed by atoms with van der Waals surface area (Å²) in [5, 5.41) is 4.49. The largest absolute Gasteiger partial charge is 0.416 e. The van der Waals surface area contributed by atoms with Gasteiger partial charge in [0.1, 0.15) is 0 Å². The number of rotatable bonds is 5. The highest BCUT2D eigenvalue weighted by Crippen LogP contribution is 2.36. The highest BCUT2D eigenvalue weighted by Gasteiger charge is 2.31. The molecule has 0 spiro atoms. The highest BCUT2D eigenvalue weighted by molar-refractivity contribution is 7.90. The fraction of sp³-hybridized carbons (Fsp3) is 0.188. The van der Waals surface area contributed by atoms with Crippen LogP contribution in [-0.2, 0) is 20.8 Å². The summed E-state index contributed by atoms with van der Waals surface area (Å²) in [5.74, 6) is -0.708. The number of nitrogens with one attached hydrogen (secondary N) is 2. The maximum absolute atomic E-state index is 12.8. The van der Waals surface area contributed by atoms with Gasteiger partial charge in [0.25, 0.3) is 0 Å². The lowest BCUT2D eigenvalue weighted by Gasteiger charge is -2.13. The summed E-state index contributed by atoms with van der Waals surface area (Å²) in [5.41, 5.74) is -1.00. The summed E-state index contributed by atoms with van der Waals surface area (Å²) >= 11 is 17.8. The standard InChI is InChI=1S/C16H12Cl3F3N2O3S/c1-28(26,27)12-5-4-10(14(18)15(12)19)23-7-13(25)24-11-6-8(16(20,21)22)2-3-9(11)17/h2-6,23H,7H2,1H3,(H,24,25). The van der Waals surface area contributed by atoms with Crippen LogP contribution >= 0.6 is 34.8 Å². The van der Waals surface area contributed by atoms with Crippen LogP contribution in [0.3, 0.4) is 0 Å². The van der Waals surface area contributed by atoms with Crippen molar-refractivity contribution in [3.8, 4) is 0 Å². The molecule has 0 saturated heterocycles. The van der Waals surface area contributed by atoms with Gasteiger partial charge in [-0.05, 0) is 30.3 Å². The Kier molecular flexibility index (Phi) is 6.75. The molecular weight excluding hydrogens is 464 g/mol. The van der Waals surface area contributed by atoms with E-state index in [0.717, 1.165) is 18.4 Å². The fourth-order valence-corrected chi connectivity index (χ4v) is 3.90. The van der Waals surface area contributed by atoms with Gasteiger partial charge >= 0.3 is 6.18 Å². The third kappa shape index (κ3) is 5.44. The Bertz CT molecular complexity index is 1030. The molecule has 0 bridgehead atoms. The Labute approximate surface area is 173 Å². The van der Waals surface area contributed by atoms with E-state index in [9.17, 15) is 26.4 Å². The maximum Gasteiger partial charge on any atom is 0.416 e. The van der Waals surface area contributed by atoms with Crippen LogP contribution < -0.4 is 10.6 Å². The molecule has 0 aliphatic heterocycles. The van der Waals surface area contributed by atoms with E-state index in [1.807, 2.05) is 0 Å². The number of hydrogen-bond donors (Lipinski definition) is 2. The summed E-state index contributed by atoms with van der Waals surface area (Å²) in [4.78, 5) is 11.9. The first-order valence-corrected chi connectivity index (χ1v) is 10.4. The number of benzene rings is 2. The molecular formula is C16H12Cl3F3N2O3S. The second-order valence-electron chi connectivity index (χ2n) is 5.61. The van der Waals surface area contributed by atoms with Crippen molar-refractivity contribution in [2.24, 2.45) is 0 Å². The number of sulfone groups is 1. The van der Waals surface area contributed by atoms with Crippen molar-refractivity contribution in [1.82, 2.24) is 0 Å². The van der Waals surface area contributed by atoms with Crippen LogP contribution in [0.1, 0.15) is 5.56 Å². The second-order valence-corrected chi connectivity index (χ2v) is 8.75. The molecule has 0 aliphatic carbocycles. The monoisotopic (exact) mass is 474 g/mol. The smallest absolute Gasteiger partial charge is 0.375 e. The molecule has 152 valence electrons. The minimum atomic E-state index is -4.59. The first kappa shape index (κ1) is 22.6. The van der Waals surface area contributed by atoms with Crippen LogP contribution in [0.2, 0.25) is 15.1 Å². The van der Waals surface area contributed by atoms with Crippen molar-refractivity contribution in [3.63, 3.8) is 0 Å². The van der Waals surface area contributed by atoms with Crippen molar-refractivity contribution < 1.29 is 26.4 Å². The average molecular weight is 476 g/mol. The lowest BCUT2D eigenvalue weighted by atomic mass is 10.2. The minimum Gasteiger partial charge on any atom is -0.375 e. The van der Waals surface area contributed by atoms with Gasteiger partial charge in [-0.2, -0.15) is 13.2 Å². The number of hydrogen-bond acceptors (Lipinski definition) is 4. The molecule has 2 N–H and O–H groups in total. The molecule has 2 aromatic rings. The molecule has 0 aromatic heterocycles. The van der Waals surface area contributed by atoms with Gasteiger partial charge in [-0.15, -0.1) is 0 Å². The number of carbonyl (C=O) groups is 1. The Morgan fingerprint density at radius 2 is 1.68 bits per heavy atom. The predicted octanol–water partition coefficient (Wildman–Crippen LogP) is 5.12. The second kappa shape index (κ2) is 8.36. The van der Waals surface area contributed by atoms with Gasteiger partial charge in [-0.3, -0.25) is 4.79 Å². The SMILES string of the molecule is CS(=O)(=O)c1ccc(NCC(=O)Nc2cc(C(F)(F)F)ccc2Cl)c(Cl)c1Cl. The molecule has 2 aromatic carbocycles. The van der Waals surface area contributed by atoms with Gasteiger partial charge in [-0.1, -0.05) is 34.8 Å². The fourth-order valence-electron chi connectivity index (χ4n) is 2.12. The lowest BCUT2D eigenvalue weighted by molar-refractivity contribution is -0.137. The molecule has 5 nitrogen and oxygen atoms in total. The summed E-state index contributed by atoms with van der Waals surface area (Å²) in [6.45, 7) is -0.388. The van der Waals surface area contributed by atoms with E-state index in [0.29, 0.717) is 6.07 Å². The van der Waals surface area contributed by atoms with Gasteiger partial charge in [0.2, 0.25) is 5.91 Å². The molecule has 2 rings (SSSR count). The normalized spacial score (nSPS) is 12.0. The topological polar surface area (TPSA) is 75.3 Å². The van der Waals surface area contributed by atoms with Gasteiger partial charge in [0, 0.05) is 6.26 Å². The summed E-state index contributed by atoms with van der Waals surface area (Å²) < 4.78 is 61.5. The summed E-state index contributed by atoms with van der Waals surface area (Å²) in [6.07, 6.45) is -3.63. The molecule has 0 aliphatic rings. The average Bonchev–Trinajstić information content (AvgIpc) is 2.56. The maximum atomic E-state index is 12.8. The van der Waals surface area contributed by atoms with E-state index in [1.54, 1.807) is 0 Å². The molecule has 0 unspecified atom stereocenters. The minimum absolute atomic E-state index is 0.0695. The number of anilines is 2. The number of carbonyl (C=O) groups excluding carboxylic acids is 1. The molecule has 1 amide bonds. The van der Waals surface area contributed by atoms with Crippen LogP contribution in [0.25, 0.3) is 0 Å². The summed E-state index contributed by atoms with van der Waals surface area (Å²) in [7, 11) is -3.60. The van der Waals surface area contributed by atoms with Crippen molar-refractivity contribution in [2.45, 2.75) is 11.1 Å². The van der Waals surface area contributed by atoms with Crippen molar-refractivity contribution in [3.05, 3.63) is 51.0 Å². The summed E-state index contributed by atoms with van der Waals surface area (Å²) in [6, 6.07) is 5.06. The molecule has 0 radical (unpaired) electrons. The molecule has 0 atom stereocenters. The quantitative estimate of drug-likeness (QED) is 0.629. The first-order chi connectivity index (χ1) is 12.8. The zero-order valence-electron chi connectivity index (χ0n) is 14.0. The predicted molar refractivity (Wildman–Crippen MR) is 103 cm³/mol. The Hall–Kier alpha value is -1.68. The zero-order chi connectivity index (χ0) is 21.3. The first-order valence-electron chi connectivity index (χ1n) is 7.39. The third-order valence-electron chi connectivity index (χ3n) is 3.45. The van der Waals surface area contributed by atoms with E-state index in [4.69, 9.17) is 34.8 Å². The molecule has 12 heteroatoms. The molecule has 0 heterocycles. The van der Waals surface area contributed by atoms with Gasteiger partial charge < -0.3 is 10.6 Å². The Morgan fingerprint density at radius 1 is 1.04 bits per heavy atom. The van der Waals surface area contributed by atoms with Crippen LogP contribution in [0.15, 0.2) is 35.2 Å². The van der Waals surface area contributed by atoms with Crippen molar-refractivity contribution >= 4 is 61.9 Å². The van der Waals surface area contributed by atoms with Crippen LogP contribution in [-0.4, -0.2) is 27.1 Å². The van der Waals surface area contributed by atoms with Crippen LogP contribution in [0.5, 0.6) is 0 Å². The van der Waals surface area contributed by atoms with Crippen LogP contribution in [0.4, 0.5) is 24.5 Å². The molecule has 0 fully saturated rings. The number of halogens is 6. The molecule has 0 saturated carbocycles. The van der Waals surface area contributed by atoms with Gasteiger partial charge in [-0.25, -0.2) is 8.42 Å². The van der Waals surface area contributed by atoms with E-state index in [1.165, 1.54) is 12.1 Å². The Balaban J connectivity index is 2.13. The third-order valence-corrected chi connectivity index (χ3v) is 5.92.